The summed E-state index contributed by atoms with van der Waals surface area (Å²) in [6.07, 6.45) is 7.31. The zero-order valence-corrected chi connectivity index (χ0v) is 10.5. The number of anilines is 2. The van der Waals surface area contributed by atoms with Gasteiger partial charge in [0.05, 0.1) is 17.5 Å². The fourth-order valence-corrected chi connectivity index (χ4v) is 2.09. The molecule has 0 unspecified atom stereocenters. The third-order valence-corrected chi connectivity index (χ3v) is 3.05. The lowest BCUT2D eigenvalue weighted by atomic mass is 10.1. The van der Waals surface area contributed by atoms with Gasteiger partial charge in [-0.25, -0.2) is 4.98 Å². The molecule has 0 radical (unpaired) electrons. The molecule has 5 heteroatoms. The fraction of sp³-hybridized carbons (Fsp3) is 0.143. The van der Waals surface area contributed by atoms with E-state index in [2.05, 4.69) is 15.3 Å². The number of aromatic nitrogens is 3. The molecule has 5 nitrogen and oxygen atoms in total. The third kappa shape index (κ3) is 2.35. The van der Waals surface area contributed by atoms with Crippen LogP contribution in [0, 0.1) is 0 Å². The van der Waals surface area contributed by atoms with Crippen LogP contribution in [0.25, 0.3) is 10.9 Å². The zero-order chi connectivity index (χ0) is 13.1. The van der Waals surface area contributed by atoms with E-state index in [1.54, 1.807) is 12.4 Å². The maximum Gasteiger partial charge on any atom is 0.0951 e. The molecule has 96 valence electrons. The molecule has 0 bridgehead atoms. The molecule has 0 spiro atoms. The van der Waals surface area contributed by atoms with Gasteiger partial charge in [-0.1, -0.05) is 12.1 Å². The van der Waals surface area contributed by atoms with Crippen molar-refractivity contribution in [2.75, 3.05) is 17.6 Å². The Balaban J connectivity index is 1.79. The van der Waals surface area contributed by atoms with Crippen molar-refractivity contribution in [2.24, 2.45) is 0 Å². The van der Waals surface area contributed by atoms with Gasteiger partial charge in [0.15, 0.2) is 0 Å². The average Bonchev–Trinajstić information content (AvgIpc) is 2.93. The summed E-state index contributed by atoms with van der Waals surface area (Å²) in [5.41, 5.74) is 8.53. The van der Waals surface area contributed by atoms with E-state index in [9.17, 15) is 0 Å². The minimum absolute atomic E-state index is 0.704. The molecular formula is C14H15N5. The molecular weight excluding hydrogens is 238 g/mol. The van der Waals surface area contributed by atoms with Gasteiger partial charge in [-0.3, -0.25) is 4.98 Å². The second-order valence-corrected chi connectivity index (χ2v) is 4.33. The van der Waals surface area contributed by atoms with Crippen LogP contribution >= 0.6 is 0 Å². The largest absolute Gasteiger partial charge is 0.397 e. The van der Waals surface area contributed by atoms with E-state index in [0.29, 0.717) is 5.69 Å². The van der Waals surface area contributed by atoms with Crippen molar-refractivity contribution >= 4 is 22.3 Å². The van der Waals surface area contributed by atoms with E-state index in [1.807, 2.05) is 41.4 Å². The van der Waals surface area contributed by atoms with Crippen LogP contribution < -0.4 is 11.1 Å². The summed E-state index contributed by atoms with van der Waals surface area (Å²) >= 11 is 0. The van der Waals surface area contributed by atoms with E-state index in [1.165, 1.54) is 0 Å². The molecule has 2 aromatic heterocycles. The Morgan fingerprint density at radius 3 is 3.00 bits per heavy atom. The van der Waals surface area contributed by atoms with Gasteiger partial charge in [-0.2, -0.15) is 0 Å². The number of nitrogens with one attached hydrogen (secondary N) is 1. The van der Waals surface area contributed by atoms with Crippen LogP contribution in [0.3, 0.4) is 0 Å². The number of benzene rings is 1. The Bertz CT molecular complexity index is 675. The summed E-state index contributed by atoms with van der Waals surface area (Å²) in [6, 6.07) is 7.80. The van der Waals surface area contributed by atoms with Crippen LogP contribution in [0.1, 0.15) is 0 Å². The van der Waals surface area contributed by atoms with Crippen LogP contribution in [-0.4, -0.2) is 21.1 Å². The molecule has 0 amide bonds. The zero-order valence-electron chi connectivity index (χ0n) is 10.5. The van der Waals surface area contributed by atoms with E-state index in [-0.39, 0.29) is 0 Å². The van der Waals surface area contributed by atoms with Gasteiger partial charge < -0.3 is 15.6 Å². The molecule has 0 saturated carbocycles. The SMILES string of the molecule is Nc1cccc2c(NCCn3ccnc3)ccnc12. The molecule has 0 atom stereocenters. The monoisotopic (exact) mass is 253 g/mol. The number of para-hydroxylation sites is 1. The molecule has 0 saturated heterocycles. The summed E-state index contributed by atoms with van der Waals surface area (Å²) in [5.74, 6) is 0. The fourth-order valence-electron chi connectivity index (χ4n) is 2.09. The first-order valence-corrected chi connectivity index (χ1v) is 6.17. The lowest BCUT2D eigenvalue weighted by molar-refractivity contribution is 0.727. The maximum atomic E-state index is 5.93. The van der Waals surface area contributed by atoms with Gasteiger partial charge in [0.2, 0.25) is 0 Å². The molecule has 2 heterocycles. The molecule has 0 aliphatic carbocycles. The van der Waals surface area contributed by atoms with Gasteiger partial charge in [-0.05, 0) is 12.1 Å². The number of rotatable bonds is 4. The lowest BCUT2D eigenvalue weighted by Gasteiger charge is -2.10. The van der Waals surface area contributed by atoms with Gasteiger partial charge in [0.25, 0.3) is 0 Å². The van der Waals surface area contributed by atoms with Crippen LogP contribution in [0.4, 0.5) is 11.4 Å². The summed E-state index contributed by atoms with van der Waals surface area (Å²) in [4.78, 5) is 8.34. The van der Waals surface area contributed by atoms with E-state index < -0.39 is 0 Å². The number of imidazole rings is 1. The number of nitrogens with zero attached hydrogens (tertiary/aromatic N) is 3. The number of hydrogen-bond acceptors (Lipinski definition) is 4. The molecule has 0 fully saturated rings. The molecule has 0 aliphatic heterocycles. The number of nitrogen functional groups attached to an aromatic ring is 1. The molecule has 19 heavy (non-hydrogen) atoms. The molecule has 3 rings (SSSR count). The highest BCUT2D eigenvalue weighted by Gasteiger charge is 2.03. The first kappa shape index (κ1) is 11.5. The van der Waals surface area contributed by atoms with E-state index in [0.717, 1.165) is 29.7 Å². The highest BCUT2D eigenvalue weighted by Crippen LogP contribution is 2.25. The third-order valence-electron chi connectivity index (χ3n) is 3.05. The van der Waals surface area contributed by atoms with Crippen molar-refractivity contribution in [1.82, 2.24) is 14.5 Å². The summed E-state index contributed by atoms with van der Waals surface area (Å²) in [6.45, 7) is 1.69. The average molecular weight is 253 g/mol. The van der Waals surface area contributed by atoms with Gasteiger partial charge >= 0.3 is 0 Å². The van der Waals surface area contributed by atoms with Crippen molar-refractivity contribution in [1.29, 1.82) is 0 Å². The standard InChI is InChI=1S/C14H15N5/c15-12-3-1-2-11-13(4-5-18-14(11)12)17-7-9-19-8-6-16-10-19/h1-6,8,10H,7,9,15H2,(H,17,18). The highest BCUT2D eigenvalue weighted by atomic mass is 15.0. The van der Waals surface area contributed by atoms with Crippen LogP contribution in [0.2, 0.25) is 0 Å². The molecule has 0 aliphatic rings. The number of pyridine rings is 1. The Morgan fingerprint density at radius 1 is 1.21 bits per heavy atom. The van der Waals surface area contributed by atoms with E-state index >= 15 is 0 Å². The highest BCUT2D eigenvalue weighted by molar-refractivity contribution is 5.97. The number of nitrogens with two attached hydrogens (primary N) is 1. The topological polar surface area (TPSA) is 68.8 Å². The van der Waals surface area contributed by atoms with Crippen LogP contribution in [0.5, 0.6) is 0 Å². The number of hydrogen-bond donors (Lipinski definition) is 2. The molecule has 1 aromatic carbocycles. The maximum absolute atomic E-state index is 5.93. The van der Waals surface area contributed by atoms with Crippen molar-refractivity contribution in [2.45, 2.75) is 6.54 Å². The Hall–Kier alpha value is -2.56. The Kier molecular flexibility index (Phi) is 3.02. The summed E-state index contributed by atoms with van der Waals surface area (Å²) < 4.78 is 2.03. The quantitative estimate of drug-likeness (QED) is 0.699. The number of fused-ring (bicyclic) bond motifs is 1. The van der Waals surface area contributed by atoms with Crippen LogP contribution in [-0.2, 0) is 6.54 Å². The minimum Gasteiger partial charge on any atom is -0.397 e. The molecule has 3 aromatic rings. The first-order valence-electron chi connectivity index (χ1n) is 6.17. The Morgan fingerprint density at radius 2 is 2.16 bits per heavy atom. The predicted molar refractivity (Wildman–Crippen MR) is 76.9 cm³/mol. The molecule has 3 N–H and O–H groups in total. The predicted octanol–water partition coefficient (Wildman–Crippen LogP) is 2.13. The van der Waals surface area contributed by atoms with E-state index in [4.69, 9.17) is 5.73 Å². The smallest absolute Gasteiger partial charge is 0.0951 e. The summed E-state index contributed by atoms with van der Waals surface area (Å²) in [5, 5.41) is 4.46. The van der Waals surface area contributed by atoms with Gasteiger partial charge in [0, 0.05) is 42.8 Å². The second kappa shape index (κ2) is 4.97. The van der Waals surface area contributed by atoms with Crippen molar-refractivity contribution in [3.05, 3.63) is 49.2 Å². The van der Waals surface area contributed by atoms with Gasteiger partial charge in [-0.15, -0.1) is 0 Å². The lowest BCUT2D eigenvalue weighted by Crippen LogP contribution is -2.09. The van der Waals surface area contributed by atoms with Gasteiger partial charge in [0.1, 0.15) is 0 Å². The second-order valence-electron chi connectivity index (χ2n) is 4.33. The summed E-state index contributed by atoms with van der Waals surface area (Å²) in [7, 11) is 0. The Labute approximate surface area is 111 Å². The van der Waals surface area contributed by atoms with Crippen LogP contribution in [0.15, 0.2) is 49.2 Å². The van der Waals surface area contributed by atoms with Crippen molar-refractivity contribution in [3.63, 3.8) is 0 Å². The van der Waals surface area contributed by atoms with Crippen molar-refractivity contribution < 1.29 is 0 Å². The minimum atomic E-state index is 0.704. The normalized spacial score (nSPS) is 10.7. The first-order chi connectivity index (χ1) is 9.34. The van der Waals surface area contributed by atoms with Crippen molar-refractivity contribution in [3.8, 4) is 0 Å².